The van der Waals surface area contributed by atoms with Crippen LogP contribution in [0.4, 0.5) is 0 Å². The molecule has 0 bridgehead atoms. The van der Waals surface area contributed by atoms with Crippen LogP contribution in [0.5, 0.6) is 5.75 Å². The number of aromatic nitrogens is 1. The summed E-state index contributed by atoms with van der Waals surface area (Å²) < 4.78 is 6.23. The van der Waals surface area contributed by atoms with E-state index in [9.17, 15) is 0 Å². The van der Waals surface area contributed by atoms with E-state index in [-0.39, 0.29) is 6.04 Å². The van der Waals surface area contributed by atoms with Crippen molar-refractivity contribution in [3.8, 4) is 5.75 Å². The Labute approximate surface area is 121 Å². The molecule has 0 aliphatic rings. The maximum Gasteiger partial charge on any atom is 0.119 e. The van der Waals surface area contributed by atoms with Gasteiger partial charge in [-0.1, -0.05) is 22.0 Å². The Bertz CT molecular complexity index is 555. The molecular weight excluding hydrogens is 304 g/mol. The quantitative estimate of drug-likeness (QED) is 0.939. The number of hydrogen-bond donors (Lipinski definition) is 1. The second-order valence-electron chi connectivity index (χ2n) is 4.52. The van der Waals surface area contributed by atoms with E-state index in [4.69, 9.17) is 10.5 Å². The van der Waals surface area contributed by atoms with Gasteiger partial charge in [0.05, 0.1) is 7.11 Å². The van der Waals surface area contributed by atoms with Crippen LogP contribution in [0.2, 0.25) is 0 Å². The van der Waals surface area contributed by atoms with Crippen LogP contribution in [-0.4, -0.2) is 12.1 Å². The first-order valence-electron chi connectivity index (χ1n) is 6.10. The first kappa shape index (κ1) is 14.0. The third kappa shape index (κ3) is 3.55. The molecule has 1 atom stereocenters. The summed E-state index contributed by atoms with van der Waals surface area (Å²) >= 11 is 3.53. The normalized spacial score (nSPS) is 12.2. The molecule has 19 heavy (non-hydrogen) atoms. The zero-order valence-electron chi connectivity index (χ0n) is 11.1. The fourth-order valence-electron chi connectivity index (χ4n) is 1.89. The summed E-state index contributed by atoms with van der Waals surface area (Å²) in [6, 6.07) is 9.78. The summed E-state index contributed by atoms with van der Waals surface area (Å²) in [4.78, 5) is 4.39. The van der Waals surface area contributed by atoms with Gasteiger partial charge in [-0.2, -0.15) is 0 Å². The van der Waals surface area contributed by atoms with Gasteiger partial charge in [-0.3, -0.25) is 4.98 Å². The van der Waals surface area contributed by atoms with Crippen LogP contribution < -0.4 is 10.5 Å². The van der Waals surface area contributed by atoms with Crippen molar-refractivity contribution in [3.63, 3.8) is 0 Å². The Balaban J connectivity index is 2.19. The van der Waals surface area contributed by atoms with Gasteiger partial charge < -0.3 is 10.5 Å². The summed E-state index contributed by atoms with van der Waals surface area (Å²) in [5, 5.41) is 0. The second-order valence-corrected chi connectivity index (χ2v) is 5.38. The summed E-state index contributed by atoms with van der Waals surface area (Å²) in [7, 11) is 1.65. The van der Waals surface area contributed by atoms with Crippen LogP contribution >= 0.6 is 15.9 Å². The fraction of sp³-hybridized carbons (Fsp3) is 0.267. The van der Waals surface area contributed by atoms with Crippen molar-refractivity contribution < 1.29 is 4.74 Å². The molecule has 1 aromatic carbocycles. The number of pyridine rings is 1. The molecule has 0 radical (unpaired) electrons. The van der Waals surface area contributed by atoms with Crippen LogP contribution in [0.3, 0.4) is 0 Å². The van der Waals surface area contributed by atoms with Crippen LogP contribution in [0.15, 0.2) is 41.0 Å². The minimum Gasteiger partial charge on any atom is -0.497 e. The summed E-state index contributed by atoms with van der Waals surface area (Å²) in [5.74, 6) is 0.811. The third-order valence-corrected chi connectivity index (χ3v) is 3.73. The highest BCUT2D eigenvalue weighted by atomic mass is 79.9. The molecular formula is C15H17BrN2O. The molecule has 4 heteroatoms. The molecule has 0 saturated heterocycles. The highest BCUT2D eigenvalue weighted by Crippen LogP contribution is 2.28. The molecule has 0 amide bonds. The summed E-state index contributed by atoms with van der Waals surface area (Å²) in [6.07, 6.45) is 2.56. The van der Waals surface area contributed by atoms with Crippen molar-refractivity contribution >= 4 is 15.9 Å². The Morgan fingerprint density at radius 3 is 2.74 bits per heavy atom. The van der Waals surface area contributed by atoms with E-state index in [0.29, 0.717) is 6.42 Å². The zero-order valence-corrected chi connectivity index (χ0v) is 12.6. The number of nitrogens with zero attached hydrogens (tertiary/aromatic N) is 1. The molecule has 2 N–H and O–H groups in total. The molecule has 3 nitrogen and oxygen atoms in total. The maximum absolute atomic E-state index is 6.26. The lowest BCUT2D eigenvalue weighted by Crippen LogP contribution is -2.14. The number of aryl methyl sites for hydroxylation is 1. The van der Waals surface area contributed by atoms with E-state index in [1.807, 2.05) is 37.4 Å². The van der Waals surface area contributed by atoms with Crippen LogP contribution in [-0.2, 0) is 6.42 Å². The van der Waals surface area contributed by atoms with Gasteiger partial charge in [0.25, 0.3) is 0 Å². The lowest BCUT2D eigenvalue weighted by Gasteiger charge is -2.15. The highest BCUT2D eigenvalue weighted by Gasteiger charge is 2.12. The van der Waals surface area contributed by atoms with Crippen LogP contribution in [0.25, 0.3) is 0 Å². The van der Waals surface area contributed by atoms with Crippen molar-refractivity contribution in [2.75, 3.05) is 7.11 Å². The number of methoxy groups -OCH3 is 1. The number of ether oxygens (including phenoxy) is 1. The third-order valence-electron chi connectivity index (χ3n) is 3.00. The minimum absolute atomic E-state index is 0.111. The monoisotopic (exact) mass is 320 g/mol. The predicted molar refractivity (Wildman–Crippen MR) is 80.3 cm³/mol. The van der Waals surface area contributed by atoms with Gasteiger partial charge in [0, 0.05) is 28.8 Å². The highest BCUT2D eigenvalue weighted by molar-refractivity contribution is 9.10. The lowest BCUT2D eigenvalue weighted by molar-refractivity contribution is 0.413. The number of hydrogen-bond acceptors (Lipinski definition) is 3. The van der Waals surface area contributed by atoms with E-state index in [0.717, 1.165) is 27.0 Å². The molecule has 1 aromatic heterocycles. The molecule has 0 spiro atoms. The van der Waals surface area contributed by atoms with E-state index in [1.54, 1.807) is 7.11 Å². The molecule has 1 heterocycles. The number of benzene rings is 1. The first-order valence-corrected chi connectivity index (χ1v) is 6.90. The van der Waals surface area contributed by atoms with Crippen molar-refractivity contribution in [2.45, 2.75) is 19.4 Å². The fourth-order valence-corrected chi connectivity index (χ4v) is 2.43. The summed E-state index contributed by atoms with van der Waals surface area (Å²) in [5.41, 5.74) is 9.44. The standard InChI is InChI=1S/C15H17BrN2O/c1-10-3-4-11(18-9-10)7-15(17)13-8-12(19-2)5-6-14(13)16/h3-6,8-9,15H,7,17H2,1-2H3. The van der Waals surface area contributed by atoms with E-state index in [2.05, 4.69) is 27.0 Å². The van der Waals surface area contributed by atoms with Gasteiger partial charge in [0.2, 0.25) is 0 Å². The molecule has 0 fully saturated rings. The van der Waals surface area contributed by atoms with Gasteiger partial charge in [-0.05, 0) is 42.3 Å². The molecule has 1 unspecified atom stereocenters. The predicted octanol–water partition coefficient (Wildman–Crippen LogP) is 3.40. The molecule has 0 saturated carbocycles. The number of halogens is 1. The van der Waals surface area contributed by atoms with Crippen molar-refractivity contribution in [2.24, 2.45) is 5.73 Å². The Morgan fingerprint density at radius 2 is 2.11 bits per heavy atom. The van der Waals surface area contributed by atoms with E-state index >= 15 is 0 Å². The smallest absolute Gasteiger partial charge is 0.119 e. The molecule has 2 rings (SSSR count). The van der Waals surface area contributed by atoms with E-state index in [1.165, 1.54) is 0 Å². The number of rotatable bonds is 4. The molecule has 2 aromatic rings. The van der Waals surface area contributed by atoms with Crippen LogP contribution in [0, 0.1) is 6.92 Å². The van der Waals surface area contributed by atoms with E-state index < -0.39 is 0 Å². The van der Waals surface area contributed by atoms with Gasteiger partial charge in [0.1, 0.15) is 5.75 Å². The van der Waals surface area contributed by atoms with Crippen molar-refractivity contribution in [1.29, 1.82) is 0 Å². The topological polar surface area (TPSA) is 48.1 Å². The van der Waals surface area contributed by atoms with Gasteiger partial charge in [-0.25, -0.2) is 0 Å². The van der Waals surface area contributed by atoms with Crippen LogP contribution in [0.1, 0.15) is 22.9 Å². The maximum atomic E-state index is 6.26. The SMILES string of the molecule is COc1ccc(Br)c(C(N)Cc2ccc(C)cn2)c1. The van der Waals surface area contributed by atoms with Crippen molar-refractivity contribution in [1.82, 2.24) is 4.98 Å². The zero-order chi connectivity index (χ0) is 13.8. The molecule has 100 valence electrons. The van der Waals surface area contributed by atoms with Gasteiger partial charge in [0.15, 0.2) is 0 Å². The number of nitrogens with two attached hydrogens (primary N) is 1. The van der Waals surface area contributed by atoms with Gasteiger partial charge in [-0.15, -0.1) is 0 Å². The Hall–Kier alpha value is -1.39. The summed E-state index contributed by atoms with van der Waals surface area (Å²) in [6.45, 7) is 2.02. The Morgan fingerprint density at radius 1 is 1.32 bits per heavy atom. The average Bonchev–Trinajstić information content (AvgIpc) is 2.42. The lowest BCUT2D eigenvalue weighted by atomic mass is 10.0. The minimum atomic E-state index is -0.111. The average molecular weight is 321 g/mol. The first-order chi connectivity index (χ1) is 9.10. The molecule has 0 aliphatic carbocycles. The van der Waals surface area contributed by atoms with Crippen molar-refractivity contribution in [3.05, 3.63) is 57.8 Å². The van der Waals surface area contributed by atoms with Gasteiger partial charge >= 0.3 is 0 Å². The Kier molecular flexibility index (Phi) is 4.56. The second kappa shape index (κ2) is 6.17. The largest absolute Gasteiger partial charge is 0.497 e. The molecule has 0 aliphatic heterocycles.